The summed E-state index contributed by atoms with van der Waals surface area (Å²) in [4.78, 5) is 11.8. The quantitative estimate of drug-likeness (QED) is 0.529. The van der Waals surface area contributed by atoms with Gasteiger partial charge in [0.05, 0.1) is 12.5 Å². The van der Waals surface area contributed by atoms with Gasteiger partial charge in [0.25, 0.3) is 0 Å². The lowest BCUT2D eigenvalue weighted by Crippen LogP contribution is -2.25. The standard InChI is InChI=1S/C18H25ClO6/c1-18(2)24-12-16(25-18)11-23-17(21)8-5-13-3-6-15(7-4-13)22-10-14(20)9-19/h3-4,6-7,14,16,20H,5,8-12H2,1-2H3/t14-,16+/m0/s1. The van der Waals surface area contributed by atoms with Crippen molar-refractivity contribution in [2.24, 2.45) is 0 Å². The van der Waals surface area contributed by atoms with Gasteiger partial charge in [0, 0.05) is 6.42 Å². The van der Waals surface area contributed by atoms with Crippen LogP contribution in [0.4, 0.5) is 0 Å². The molecule has 1 aromatic rings. The van der Waals surface area contributed by atoms with Gasteiger partial charge in [-0.05, 0) is 38.0 Å². The zero-order valence-corrected chi connectivity index (χ0v) is 15.3. The van der Waals surface area contributed by atoms with Gasteiger partial charge in [0.15, 0.2) is 5.79 Å². The number of aliphatic hydroxyl groups is 1. The minimum Gasteiger partial charge on any atom is -0.491 e. The number of rotatable bonds is 9. The Kier molecular flexibility index (Phi) is 7.50. The van der Waals surface area contributed by atoms with Crippen LogP contribution in [0.5, 0.6) is 5.75 Å². The Morgan fingerprint density at radius 1 is 1.40 bits per heavy atom. The highest BCUT2D eigenvalue weighted by Crippen LogP contribution is 2.22. The molecule has 6 nitrogen and oxygen atoms in total. The van der Waals surface area contributed by atoms with Crippen molar-refractivity contribution in [3.63, 3.8) is 0 Å². The molecule has 0 aromatic heterocycles. The molecular formula is C18H25ClO6. The fraction of sp³-hybridized carbons (Fsp3) is 0.611. The van der Waals surface area contributed by atoms with Crippen molar-refractivity contribution >= 4 is 17.6 Å². The summed E-state index contributed by atoms with van der Waals surface area (Å²) in [6.07, 6.45) is -0.0198. The second-order valence-electron chi connectivity index (χ2n) is 6.40. The van der Waals surface area contributed by atoms with E-state index in [1.54, 1.807) is 12.1 Å². The van der Waals surface area contributed by atoms with Gasteiger partial charge in [0.1, 0.15) is 31.2 Å². The van der Waals surface area contributed by atoms with Crippen LogP contribution in [-0.2, 0) is 25.4 Å². The average Bonchev–Trinajstić information content (AvgIpc) is 2.95. The van der Waals surface area contributed by atoms with Crippen LogP contribution in [-0.4, -0.2) is 54.8 Å². The Balaban J connectivity index is 1.66. The van der Waals surface area contributed by atoms with Gasteiger partial charge in [-0.15, -0.1) is 11.6 Å². The normalized spacial score (nSPS) is 20.2. The number of ether oxygens (including phenoxy) is 4. The average molecular weight is 373 g/mol. The van der Waals surface area contributed by atoms with Gasteiger partial charge >= 0.3 is 5.97 Å². The zero-order valence-electron chi connectivity index (χ0n) is 14.6. The molecule has 1 saturated heterocycles. The van der Waals surface area contributed by atoms with Crippen molar-refractivity contribution < 1.29 is 28.8 Å². The van der Waals surface area contributed by atoms with Crippen LogP contribution in [0.15, 0.2) is 24.3 Å². The van der Waals surface area contributed by atoms with Crippen LogP contribution in [0.25, 0.3) is 0 Å². The van der Waals surface area contributed by atoms with Crippen LogP contribution in [0.2, 0.25) is 0 Å². The zero-order chi connectivity index (χ0) is 18.3. The molecule has 7 heteroatoms. The Morgan fingerprint density at radius 2 is 2.12 bits per heavy atom. The first-order valence-corrected chi connectivity index (χ1v) is 8.84. The molecule has 140 valence electrons. The predicted octanol–water partition coefficient (Wildman–Crippen LogP) is 2.29. The Hall–Kier alpha value is -1.34. The van der Waals surface area contributed by atoms with Crippen molar-refractivity contribution in [1.29, 1.82) is 0 Å². The lowest BCUT2D eigenvalue weighted by Gasteiger charge is -2.17. The van der Waals surface area contributed by atoms with Crippen molar-refractivity contribution in [3.8, 4) is 5.75 Å². The largest absolute Gasteiger partial charge is 0.491 e. The van der Waals surface area contributed by atoms with Crippen molar-refractivity contribution in [2.75, 3.05) is 25.7 Å². The van der Waals surface area contributed by atoms with E-state index in [1.807, 2.05) is 26.0 Å². The van der Waals surface area contributed by atoms with E-state index in [0.717, 1.165) is 5.56 Å². The topological polar surface area (TPSA) is 74.2 Å². The summed E-state index contributed by atoms with van der Waals surface area (Å²) in [5.41, 5.74) is 1.00. The molecule has 1 fully saturated rings. The summed E-state index contributed by atoms with van der Waals surface area (Å²) < 4.78 is 21.6. The van der Waals surface area contributed by atoms with Crippen LogP contribution < -0.4 is 4.74 Å². The highest BCUT2D eigenvalue weighted by atomic mass is 35.5. The Bertz CT molecular complexity index is 545. The molecule has 2 atom stereocenters. The highest BCUT2D eigenvalue weighted by Gasteiger charge is 2.33. The number of carbonyl (C=O) groups is 1. The molecule has 0 bridgehead atoms. The van der Waals surface area contributed by atoms with Crippen molar-refractivity contribution in [1.82, 2.24) is 0 Å². The van der Waals surface area contributed by atoms with E-state index in [2.05, 4.69) is 0 Å². The van der Waals surface area contributed by atoms with Gasteiger partial charge in [-0.1, -0.05) is 12.1 Å². The van der Waals surface area contributed by atoms with Gasteiger partial charge in [-0.2, -0.15) is 0 Å². The third kappa shape index (κ3) is 7.20. The number of aliphatic hydroxyl groups excluding tert-OH is 1. The van der Waals surface area contributed by atoms with Crippen LogP contribution >= 0.6 is 11.6 Å². The number of carbonyl (C=O) groups excluding carboxylic acids is 1. The molecule has 25 heavy (non-hydrogen) atoms. The first-order chi connectivity index (χ1) is 11.9. The van der Waals surface area contributed by atoms with Gasteiger partial charge in [-0.3, -0.25) is 4.79 Å². The summed E-state index contributed by atoms with van der Waals surface area (Å²) in [5.74, 6) is -0.0912. The predicted molar refractivity (Wildman–Crippen MR) is 92.8 cm³/mol. The molecule has 0 radical (unpaired) electrons. The number of aryl methyl sites for hydroxylation is 1. The second kappa shape index (κ2) is 9.38. The Morgan fingerprint density at radius 3 is 2.72 bits per heavy atom. The minimum absolute atomic E-state index is 0.135. The first kappa shape index (κ1) is 20.0. The van der Waals surface area contributed by atoms with E-state index in [9.17, 15) is 9.90 Å². The molecule has 0 amide bonds. The summed E-state index contributed by atoms with van der Waals surface area (Å²) in [6, 6.07) is 7.36. The Labute approximate surface area is 153 Å². The number of hydrogen-bond acceptors (Lipinski definition) is 6. The number of halogens is 1. The fourth-order valence-electron chi connectivity index (χ4n) is 2.34. The molecule has 0 aliphatic carbocycles. The van der Waals surface area contributed by atoms with E-state index >= 15 is 0 Å². The minimum atomic E-state index is -0.684. The first-order valence-electron chi connectivity index (χ1n) is 8.31. The summed E-state index contributed by atoms with van der Waals surface area (Å²) in [7, 11) is 0. The molecule has 1 aliphatic rings. The van der Waals surface area contributed by atoms with E-state index in [4.69, 9.17) is 30.5 Å². The maximum Gasteiger partial charge on any atom is 0.306 e. The summed E-state index contributed by atoms with van der Waals surface area (Å²) >= 11 is 5.51. The van der Waals surface area contributed by atoms with Gasteiger partial charge < -0.3 is 24.1 Å². The van der Waals surface area contributed by atoms with Crippen LogP contribution in [0, 0.1) is 0 Å². The smallest absolute Gasteiger partial charge is 0.306 e. The number of esters is 1. The number of benzene rings is 1. The molecule has 0 saturated carbocycles. The van der Waals surface area contributed by atoms with Crippen molar-refractivity contribution in [3.05, 3.63) is 29.8 Å². The second-order valence-corrected chi connectivity index (χ2v) is 6.71. The third-order valence-electron chi connectivity index (χ3n) is 3.66. The lowest BCUT2D eigenvalue weighted by molar-refractivity contribution is -0.158. The van der Waals surface area contributed by atoms with Crippen LogP contribution in [0.1, 0.15) is 25.8 Å². The van der Waals surface area contributed by atoms with Crippen LogP contribution in [0.3, 0.4) is 0 Å². The summed E-state index contributed by atoms with van der Waals surface area (Å²) in [6.45, 7) is 4.45. The van der Waals surface area contributed by atoms with E-state index in [-0.39, 0.29) is 31.2 Å². The van der Waals surface area contributed by atoms with Gasteiger partial charge in [0.2, 0.25) is 0 Å². The SMILES string of the molecule is CC1(C)OC[C@@H](COC(=O)CCc2ccc(OC[C@@H](O)CCl)cc2)O1. The third-order valence-corrected chi connectivity index (χ3v) is 4.02. The van der Waals surface area contributed by atoms with E-state index < -0.39 is 11.9 Å². The molecular weight excluding hydrogens is 348 g/mol. The van der Waals surface area contributed by atoms with E-state index in [1.165, 1.54) is 0 Å². The molecule has 2 rings (SSSR count). The van der Waals surface area contributed by atoms with Crippen molar-refractivity contribution in [2.45, 2.75) is 44.7 Å². The monoisotopic (exact) mass is 372 g/mol. The summed E-state index contributed by atoms with van der Waals surface area (Å²) in [5, 5.41) is 9.35. The molecule has 1 N–H and O–H groups in total. The maximum absolute atomic E-state index is 11.8. The maximum atomic E-state index is 11.8. The lowest BCUT2D eigenvalue weighted by atomic mass is 10.1. The molecule has 1 heterocycles. The molecule has 1 aliphatic heterocycles. The fourth-order valence-corrected chi connectivity index (χ4v) is 2.43. The molecule has 0 unspecified atom stereocenters. The van der Waals surface area contributed by atoms with Gasteiger partial charge in [-0.25, -0.2) is 0 Å². The molecule has 0 spiro atoms. The highest BCUT2D eigenvalue weighted by molar-refractivity contribution is 6.18. The number of hydrogen-bond donors (Lipinski definition) is 1. The molecule has 1 aromatic carbocycles. The van der Waals surface area contributed by atoms with E-state index in [0.29, 0.717) is 25.2 Å². The number of alkyl halides is 1.